The molecule has 1 aliphatic rings. The Bertz CT molecular complexity index is 329. The molecule has 0 saturated heterocycles. The molecule has 2 nitrogen and oxygen atoms in total. The first-order valence-electron chi connectivity index (χ1n) is 4.60. The van der Waals surface area contributed by atoms with Crippen molar-refractivity contribution in [3.63, 3.8) is 0 Å². The lowest BCUT2D eigenvalue weighted by atomic mass is 10.0. The predicted molar refractivity (Wildman–Crippen MR) is 55.2 cm³/mol. The van der Waals surface area contributed by atoms with Gasteiger partial charge in [-0.2, -0.15) is 0 Å². The van der Waals surface area contributed by atoms with Crippen molar-refractivity contribution in [2.75, 3.05) is 13.1 Å². The summed E-state index contributed by atoms with van der Waals surface area (Å²) in [5.41, 5.74) is 9.58. The van der Waals surface area contributed by atoms with Crippen LogP contribution in [0.15, 0.2) is 30.3 Å². The van der Waals surface area contributed by atoms with Gasteiger partial charge in [-0.15, -0.1) is 0 Å². The second kappa shape index (κ2) is 3.73. The second-order valence-electron chi connectivity index (χ2n) is 3.22. The first-order chi connectivity index (χ1) is 6.42. The smallest absolute Gasteiger partial charge is 0.0211 e. The van der Waals surface area contributed by atoms with Crippen LogP contribution >= 0.6 is 0 Å². The van der Waals surface area contributed by atoms with E-state index in [9.17, 15) is 0 Å². The molecular formula is C11H14N2. The maximum atomic E-state index is 5.67. The highest BCUT2D eigenvalue weighted by Crippen LogP contribution is 2.20. The quantitative estimate of drug-likeness (QED) is 0.705. The molecule has 3 N–H and O–H groups in total. The molecular weight excluding hydrogens is 160 g/mol. The van der Waals surface area contributed by atoms with Crippen molar-refractivity contribution in [1.82, 2.24) is 5.32 Å². The van der Waals surface area contributed by atoms with E-state index in [0.717, 1.165) is 13.1 Å². The van der Waals surface area contributed by atoms with Crippen LogP contribution in [0.25, 0.3) is 5.57 Å². The maximum absolute atomic E-state index is 5.67. The van der Waals surface area contributed by atoms with Crippen molar-refractivity contribution in [1.29, 1.82) is 0 Å². The second-order valence-corrected chi connectivity index (χ2v) is 3.22. The Labute approximate surface area is 78.5 Å². The molecule has 1 heterocycles. The summed E-state index contributed by atoms with van der Waals surface area (Å²) >= 11 is 0. The molecule has 0 spiro atoms. The molecule has 2 heteroatoms. The summed E-state index contributed by atoms with van der Waals surface area (Å²) in [7, 11) is 0. The van der Waals surface area contributed by atoms with Gasteiger partial charge >= 0.3 is 0 Å². The zero-order valence-corrected chi connectivity index (χ0v) is 7.59. The van der Waals surface area contributed by atoms with Gasteiger partial charge in [0, 0.05) is 19.6 Å². The van der Waals surface area contributed by atoms with Gasteiger partial charge in [0.05, 0.1) is 0 Å². The molecule has 1 aromatic carbocycles. The third-order valence-corrected chi connectivity index (χ3v) is 2.39. The third-order valence-electron chi connectivity index (χ3n) is 2.39. The Morgan fingerprint density at radius 3 is 2.85 bits per heavy atom. The highest BCUT2D eigenvalue weighted by molar-refractivity contribution is 5.71. The Hall–Kier alpha value is -1.12. The fourth-order valence-electron chi connectivity index (χ4n) is 1.69. The first-order valence-corrected chi connectivity index (χ1v) is 4.60. The lowest BCUT2D eigenvalue weighted by molar-refractivity contribution is 0.896. The van der Waals surface area contributed by atoms with Crippen molar-refractivity contribution < 1.29 is 0 Å². The zero-order chi connectivity index (χ0) is 9.10. The standard InChI is InChI=1S/C11H14N2/c12-7-9-3-1-2-4-11(9)10-5-6-13-8-10/h1-5,13H,6-8,12H2. The van der Waals surface area contributed by atoms with Crippen molar-refractivity contribution in [2.24, 2.45) is 5.73 Å². The van der Waals surface area contributed by atoms with E-state index < -0.39 is 0 Å². The van der Waals surface area contributed by atoms with Gasteiger partial charge in [-0.3, -0.25) is 0 Å². The van der Waals surface area contributed by atoms with Crippen molar-refractivity contribution in [3.05, 3.63) is 41.5 Å². The van der Waals surface area contributed by atoms with E-state index in [4.69, 9.17) is 5.73 Å². The molecule has 0 radical (unpaired) electrons. The predicted octanol–water partition coefficient (Wildman–Crippen LogP) is 1.13. The van der Waals surface area contributed by atoms with Crippen molar-refractivity contribution in [3.8, 4) is 0 Å². The normalized spacial score (nSPS) is 15.9. The number of nitrogens with two attached hydrogens (primary N) is 1. The van der Waals surface area contributed by atoms with E-state index in [2.05, 4.69) is 29.6 Å². The summed E-state index contributed by atoms with van der Waals surface area (Å²) in [5, 5.41) is 3.29. The maximum Gasteiger partial charge on any atom is 0.0211 e. The molecule has 0 atom stereocenters. The Morgan fingerprint density at radius 2 is 2.15 bits per heavy atom. The molecule has 0 aliphatic carbocycles. The Kier molecular flexibility index (Phi) is 2.43. The van der Waals surface area contributed by atoms with Crippen LogP contribution in [-0.2, 0) is 6.54 Å². The SMILES string of the molecule is NCc1ccccc1C1=CCNC1. The number of rotatable bonds is 2. The summed E-state index contributed by atoms with van der Waals surface area (Å²) in [5.74, 6) is 0. The minimum absolute atomic E-state index is 0.619. The summed E-state index contributed by atoms with van der Waals surface area (Å²) in [6.07, 6.45) is 2.23. The van der Waals surface area contributed by atoms with Crippen LogP contribution in [0, 0.1) is 0 Å². The summed E-state index contributed by atoms with van der Waals surface area (Å²) < 4.78 is 0. The lowest BCUT2D eigenvalue weighted by Gasteiger charge is -2.07. The van der Waals surface area contributed by atoms with E-state index in [0.29, 0.717) is 6.54 Å². The lowest BCUT2D eigenvalue weighted by Crippen LogP contribution is -2.09. The number of benzene rings is 1. The molecule has 13 heavy (non-hydrogen) atoms. The monoisotopic (exact) mass is 174 g/mol. The van der Waals surface area contributed by atoms with Gasteiger partial charge < -0.3 is 11.1 Å². The topological polar surface area (TPSA) is 38.0 Å². The molecule has 0 saturated carbocycles. The average Bonchev–Trinajstić information content (AvgIpc) is 2.70. The van der Waals surface area contributed by atoms with Crippen LogP contribution in [0.1, 0.15) is 11.1 Å². The Balaban J connectivity index is 2.38. The van der Waals surface area contributed by atoms with Crippen molar-refractivity contribution in [2.45, 2.75) is 6.54 Å². The van der Waals surface area contributed by atoms with E-state index in [1.54, 1.807) is 0 Å². The van der Waals surface area contributed by atoms with Crippen molar-refractivity contribution >= 4 is 5.57 Å². The fraction of sp³-hybridized carbons (Fsp3) is 0.273. The van der Waals surface area contributed by atoms with Crippen LogP contribution < -0.4 is 11.1 Å². The largest absolute Gasteiger partial charge is 0.326 e. The molecule has 1 aliphatic heterocycles. The molecule has 1 aromatic rings. The van der Waals surface area contributed by atoms with E-state index in [1.807, 2.05) is 6.07 Å². The number of hydrogen-bond acceptors (Lipinski definition) is 2. The Morgan fingerprint density at radius 1 is 1.31 bits per heavy atom. The molecule has 0 fully saturated rings. The van der Waals surface area contributed by atoms with Gasteiger partial charge in [0.25, 0.3) is 0 Å². The van der Waals surface area contributed by atoms with Crippen LogP contribution in [0.5, 0.6) is 0 Å². The average molecular weight is 174 g/mol. The molecule has 0 aromatic heterocycles. The zero-order valence-electron chi connectivity index (χ0n) is 7.59. The summed E-state index contributed by atoms with van der Waals surface area (Å²) in [6.45, 7) is 2.57. The molecule has 0 unspecified atom stereocenters. The number of hydrogen-bond donors (Lipinski definition) is 2. The van der Waals surface area contributed by atoms with Crippen LogP contribution in [0.2, 0.25) is 0 Å². The van der Waals surface area contributed by atoms with Gasteiger partial charge in [-0.05, 0) is 16.7 Å². The molecule has 0 amide bonds. The molecule has 68 valence electrons. The van der Waals surface area contributed by atoms with Gasteiger partial charge in [-0.25, -0.2) is 0 Å². The van der Waals surface area contributed by atoms with Crippen LogP contribution in [0.3, 0.4) is 0 Å². The first kappa shape index (κ1) is 8.48. The van der Waals surface area contributed by atoms with Crippen LogP contribution in [-0.4, -0.2) is 13.1 Å². The van der Waals surface area contributed by atoms with Gasteiger partial charge in [0.1, 0.15) is 0 Å². The van der Waals surface area contributed by atoms with Gasteiger partial charge in [0.2, 0.25) is 0 Å². The summed E-state index contributed by atoms with van der Waals surface area (Å²) in [6, 6.07) is 8.33. The third kappa shape index (κ3) is 1.64. The van der Waals surface area contributed by atoms with Crippen LogP contribution in [0.4, 0.5) is 0 Å². The van der Waals surface area contributed by atoms with Gasteiger partial charge in [0.15, 0.2) is 0 Å². The molecule has 2 rings (SSSR count). The van der Waals surface area contributed by atoms with E-state index >= 15 is 0 Å². The van der Waals surface area contributed by atoms with E-state index in [-0.39, 0.29) is 0 Å². The molecule has 0 bridgehead atoms. The minimum atomic E-state index is 0.619. The summed E-state index contributed by atoms with van der Waals surface area (Å²) in [4.78, 5) is 0. The highest BCUT2D eigenvalue weighted by atomic mass is 14.9. The fourth-order valence-corrected chi connectivity index (χ4v) is 1.69. The minimum Gasteiger partial charge on any atom is -0.326 e. The van der Waals surface area contributed by atoms with Gasteiger partial charge in [-0.1, -0.05) is 30.3 Å². The highest BCUT2D eigenvalue weighted by Gasteiger charge is 2.08. The van der Waals surface area contributed by atoms with E-state index in [1.165, 1.54) is 16.7 Å². The number of nitrogens with one attached hydrogen (secondary N) is 1.